The van der Waals surface area contributed by atoms with Crippen molar-refractivity contribution in [2.24, 2.45) is 0 Å². The maximum absolute atomic E-state index is 12.1. The molecule has 0 radical (unpaired) electrons. The molecule has 1 aromatic carbocycles. The standard InChI is InChI=1S/C14H17BrN4O/c1-8-11(16)5-4-6-12(8)17-13(20)7-19-10(3)14(15)9(2)18-19/h4-6H,7,16H2,1-3H3,(H,17,20). The minimum Gasteiger partial charge on any atom is -0.398 e. The van der Waals surface area contributed by atoms with E-state index in [1.807, 2.05) is 39.0 Å². The summed E-state index contributed by atoms with van der Waals surface area (Å²) >= 11 is 3.45. The topological polar surface area (TPSA) is 72.9 Å². The average Bonchev–Trinajstić information content (AvgIpc) is 2.63. The Labute approximate surface area is 126 Å². The van der Waals surface area contributed by atoms with E-state index in [2.05, 4.69) is 26.3 Å². The smallest absolute Gasteiger partial charge is 0.246 e. The lowest BCUT2D eigenvalue weighted by Crippen LogP contribution is -2.21. The summed E-state index contributed by atoms with van der Waals surface area (Å²) in [6.45, 7) is 5.87. The number of aromatic nitrogens is 2. The fraction of sp³-hybridized carbons (Fsp3) is 0.286. The molecule has 6 heteroatoms. The maximum Gasteiger partial charge on any atom is 0.246 e. The van der Waals surface area contributed by atoms with Crippen molar-refractivity contribution < 1.29 is 4.79 Å². The van der Waals surface area contributed by atoms with Gasteiger partial charge >= 0.3 is 0 Å². The maximum atomic E-state index is 12.1. The number of hydrogen-bond donors (Lipinski definition) is 2. The van der Waals surface area contributed by atoms with Gasteiger partial charge in [0, 0.05) is 11.4 Å². The van der Waals surface area contributed by atoms with E-state index in [1.54, 1.807) is 4.68 Å². The predicted molar refractivity (Wildman–Crippen MR) is 83.6 cm³/mol. The Kier molecular flexibility index (Phi) is 4.13. The molecule has 0 bridgehead atoms. The normalized spacial score (nSPS) is 10.6. The molecule has 2 aromatic rings. The van der Waals surface area contributed by atoms with Gasteiger partial charge in [0.1, 0.15) is 6.54 Å². The van der Waals surface area contributed by atoms with E-state index >= 15 is 0 Å². The molecular formula is C14H17BrN4O. The highest BCUT2D eigenvalue weighted by Gasteiger charge is 2.12. The first-order valence-corrected chi connectivity index (χ1v) is 7.04. The summed E-state index contributed by atoms with van der Waals surface area (Å²) < 4.78 is 2.61. The molecule has 0 aliphatic carbocycles. The molecule has 5 nitrogen and oxygen atoms in total. The van der Waals surface area contributed by atoms with Gasteiger partial charge in [-0.3, -0.25) is 9.48 Å². The van der Waals surface area contributed by atoms with E-state index in [0.29, 0.717) is 5.69 Å². The monoisotopic (exact) mass is 336 g/mol. The molecule has 0 spiro atoms. The molecule has 1 amide bonds. The summed E-state index contributed by atoms with van der Waals surface area (Å²) in [5.74, 6) is -0.128. The molecule has 0 atom stereocenters. The van der Waals surface area contributed by atoms with Gasteiger partial charge in [-0.15, -0.1) is 0 Å². The number of nitrogens with one attached hydrogen (secondary N) is 1. The van der Waals surface area contributed by atoms with E-state index in [1.165, 1.54) is 0 Å². The average molecular weight is 337 g/mol. The molecule has 1 heterocycles. The molecule has 0 aliphatic heterocycles. The number of aryl methyl sites for hydroxylation is 1. The van der Waals surface area contributed by atoms with Gasteiger partial charge in [0.2, 0.25) is 5.91 Å². The number of anilines is 2. The number of nitrogens with zero attached hydrogens (tertiary/aromatic N) is 2. The largest absolute Gasteiger partial charge is 0.398 e. The van der Waals surface area contributed by atoms with Gasteiger partial charge < -0.3 is 11.1 Å². The lowest BCUT2D eigenvalue weighted by Gasteiger charge is -2.10. The number of amides is 1. The number of nitrogen functional groups attached to an aromatic ring is 1. The third kappa shape index (κ3) is 2.85. The fourth-order valence-corrected chi connectivity index (χ4v) is 2.23. The van der Waals surface area contributed by atoms with E-state index in [-0.39, 0.29) is 12.5 Å². The summed E-state index contributed by atoms with van der Waals surface area (Å²) in [6.07, 6.45) is 0. The van der Waals surface area contributed by atoms with E-state index in [4.69, 9.17) is 5.73 Å². The van der Waals surface area contributed by atoms with Crippen LogP contribution in [0.15, 0.2) is 22.7 Å². The molecule has 2 rings (SSSR count). The Hall–Kier alpha value is -1.82. The minimum atomic E-state index is -0.128. The van der Waals surface area contributed by atoms with Crippen molar-refractivity contribution >= 4 is 33.2 Å². The van der Waals surface area contributed by atoms with Crippen LogP contribution in [0.2, 0.25) is 0 Å². The van der Waals surface area contributed by atoms with Gasteiger partial charge in [-0.05, 0) is 54.4 Å². The van der Waals surface area contributed by atoms with Gasteiger partial charge in [0.25, 0.3) is 0 Å². The first-order chi connectivity index (χ1) is 9.40. The van der Waals surface area contributed by atoms with Gasteiger partial charge in [-0.1, -0.05) is 6.07 Å². The number of halogens is 1. The molecule has 0 fully saturated rings. The van der Waals surface area contributed by atoms with Crippen LogP contribution in [0.5, 0.6) is 0 Å². The molecule has 0 aliphatic rings. The number of rotatable bonds is 3. The van der Waals surface area contributed by atoms with Crippen molar-refractivity contribution in [2.75, 3.05) is 11.1 Å². The van der Waals surface area contributed by atoms with E-state index < -0.39 is 0 Å². The van der Waals surface area contributed by atoms with Crippen LogP contribution >= 0.6 is 15.9 Å². The van der Waals surface area contributed by atoms with Crippen molar-refractivity contribution in [2.45, 2.75) is 27.3 Å². The van der Waals surface area contributed by atoms with Crippen LogP contribution in [-0.4, -0.2) is 15.7 Å². The molecule has 0 saturated carbocycles. The molecule has 0 unspecified atom stereocenters. The summed E-state index contributed by atoms with van der Waals surface area (Å²) in [4.78, 5) is 12.1. The van der Waals surface area contributed by atoms with Gasteiger partial charge in [-0.2, -0.15) is 5.10 Å². The number of carbonyl (C=O) groups excluding carboxylic acids is 1. The summed E-state index contributed by atoms with van der Waals surface area (Å²) in [5, 5.41) is 7.18. The van der Waals surface area contributed by atoms with Crippen LogP contribution in [0.3, 0.4) is 0 Å². The van der Waals surface area contributed by atoms with Gasteiger partial charge in [0.05, 0.1) is 15.9 Å². The van der Waals surface area contributed by atoms with Crippen LogP contribution in [0.4, 0.5) is 11.4 Å². The third-order valence-electron chi connectivity index (χ3n) is 3.24. The van der Waals surface area contributed by atoms with Crippen LogP contribution in [0.1, 0.15) is 17.0 Å². The highest BCUT2D eigenvalue weighted by Crippen LogP contribution is 2.21. The van der Waals surface area contributed by atoms with Crippen molar-refractivity contribution in [3.63, 3.8) is 0 Å². The second-order valence-corrected chi connectivity index (χ2v) is 5.50. The number of nitrogens with two attached hydrogens (primary N) is 1. The molecular weight excluding hydrogens is 320 g/mol. The highest BCUT2D eigenvalue weighted by molar-refractivity contribution is 9.10. The number of benzene rings is 1. The molecule has 3 N–H and O–H groups in total. The Morgan fingerprint density at radius 1 is 1.40 bits per heavy atom. The summed E-state index contributed by atoms with van der Waals surface area (Å²) in [6, 6.07) is 5.46. The van der Waals surface area contributed by atoms with Crippen molar-refractivity contribution in [3.8, 4) is 0 Å². The molecule has 106 valence electrons. The Morgan fingerprint density at radius 3 is 2.70 bits per heavy atom. The molecule has 1 aromatic heterocycles. The van der Waals surface area contributed by atoms with Gasteiger partial charge in [0.15, 0.2) is 0 Å². The van der Waals surface area contributed by atoms with Crippen LogP contribution in [-0.2, 0) is 11.3 Å². The highest BCUT2D eigenvalue weighted by atomic mass is 79.9. The Balaban J connectivity index is 2.13. The SMILES string of the molecule is Cc1nn(CC(=O)Nc2cccc(N)c2C)c(C)c1Br. The second kappa shape index (κ2) is 5.66. The summed E-state index contributed by atoms with van der Waals surface area (Å²) in [7, 11) is 0. The Morgan fingerprint density at radius 2 is 2.10 bits per heavy atom. The first kappa shape index (κ1) is 14.6. The van der Waals surface area contributed by atoms with Crippen molar-refractivity contribution in [1.29, 1.82) is 0 Å². The second-order valence-electron chi connectivity index (χ2n) is 4.71. The number of carbonyl (C=O) groups is 1. The summed E-state index contributed by atoms with van der Waals surface area (Å²) in [5.41, 5.74) is 9.89. The molecule has 0 saturated heterocycles. The Bertz CT molecular complexity index is 663. The van der Waals surface area contributed by atoms with E-state index in [9.17, 15) is 4.79 Å². The minimum absolute atomic E-state index is 0.128. The zero-order valence-electron chi connectivity index (χ0n) is 11.7. The van der Waals surface area contributed by atoms with E-state index in [0.717, 1.165) is 27.1 Å². The van der Waals surface area contributed by atoms with Crippen LogP contribution in [0.25, 0.3) is 0 Å². The predicted octanol–water partition coefficient (Wildman–Crippen LogP) is 2.79. The zero-order valence-corrected chi connectivity index (χ0v) is 13.3. The van der Waals surface area contributed by atoms with Crippen LogP contribution < -0.4 is 11.1 Å². The van der Waals surface area contributed by atoms with Gasteiger partial charge in [-0.25, -0.2) is 0 Å². The lowest BCUT2D eigenvalue weighted by atomic mass is 10.1. The fourth-order valence-electron chi connectivity index (χ4n) is 1.94. The lowest BCUT2D eigenvalue weighted by molar-refractivity contribution is -0.116. The number of hydrogen-bond acceptors (Lipinski definition) is 3. The quantitative estimate of drug-likeness (QED) is 0.846. The third-order valence-corrected chi connectivity index (χ3v) is 4.38. The van der Waals surface area contributed by atoms with Crippen molar-refractivity contribution in [1.82, 2.24) is 9.78 Å². The zero-order chi connectivity index (χ0) is 14.9. The van der Waals surface area contributed by atoms with Crippen LogP contribution in [0, 0.1) is 20.8 Å². The first-order valence-electron chi connectivity index (χ1n) is 6.24. The van der Waals surface area contributed by atoms with Crippen molar-refractivity contribution in [3.05, 3.63) is 39.6 Å². The molecule has 20 heavy (non-hydrogen) atoms.